The molecule has 18 heavy (non-hydrogen) atoms. The van der Waals surface area contributed by atoms with Crippen LogP contribution in [0.5, 0.6) is 0 Å². The maximum Gasteiger partial charge on any atom is 0.337 e. The Balaban J connectivity index is 2.14. The molecule has 2 saturated heterocycles. The second-order valence-electron chi connectivity index (χ2n) is 3.72. The first-order valence-corrected chi connectivity index (χ1v) is 5.31. The minimum Gasteiger partial charge on any atom is -0.467 e. The summed E-state index contributed by atoms with van der Waals surface area (Å²) in [5, 5.41) is 0. The number of hydrogen-bond acceptors (Lipinski definition) is 8. The quantitative estimate of drug-likeness (QED) is 0.574. The van der Waals surface area contributed by atoms with Crippen molar-refractivity contribution in [3.63, 3.8) is 0 Å². The van der Waals surface area contributed by atoms with E-state index in [4.69, 9.17) is 18.9 Å². The fourth-order valence-electron chi connectivity index (χ4n) is 1.92. The SMILES string of the molecule is COC(=O)[C@H]1OCO[C@H]2[C@H]1OCO[C@H]2C(=O)OC. The van der Waals surface area contributed by atoms with Crippen molar-refractivity contribution in [3.8, 4) is 0 Å². The lowest BCUT2D eigenvalue weighted by molar-refractivity contribution is -0.316. The Morgan fingerprint density at radius 2 is 1.22 bits per heavy atom. The molecule has 2 aliphatic heterocycles. The lowest BCUT2D eigenvalue weighted by Crippen LogP contribution is -2.61. The average molecular weight is 262 g/mol. The molecule has 0 bridgehead atoms. The van der Waals surface area contributed by atoms with Crippen molar-refractivity contribution in [2.75, 3.05) is 27.8 Å². The molecule has 0 aromatic carbocycles. The van der Waals surface area contributed by atoms with Crippen LogP contribution in [0.4, 0.5) is 0 Å². The largest absolute Gasteiger partial charge is 0.467 e. The third-order valence-electron chi connectivity index (χ3n) is 2.80. The Morgan fingerprint density at radius 1 is 0.833 bits per heavy atom. The summed E-state index contributed by atoms with van der Waals surface area (Å²) in [6.45, 7) is -0.303. The van der Waals surface area contributed by atoms with E-state index >= 15 is 0 Å². The molecule has 0 spiro atoms. The van der Waals surface area contributed by atoms with Gasteiger partial charge in [0.25, 0.3) is 0 Å². The van der Waals surface area contributed by atoms with Crippen LogP contribution in [0.3, 0.4) is 0 Å². The number of esters is 2. The summed E-state index contributed by atoms with van der Waals surface area (Å²) in [6, 6.07) is 0. The fourth-order valence-corrected chi connectivity index (χ4v) is 1.92. The molecule has 8 nitrogen and oxygen atoms in total. The Kier molecular flexibility index (Phi) is 4.12. The Bertz CT molecular complexity index is 298. The average Bonchev–Trinajstić information content (AvgIpc) is 2.44. The monoisotopic (exact) mass is 262 g/mol. The molecule has 0 aliphatic carbocycles. The molecule has 2 aliphatic rings. The number of carbonyl (C=O) groups is 2. The standard InChI is InChI=1S/C10H14O8/c1-13-9(11)7-5-6(16-3-17-7)8(10(12)14-2)18-4-15-5/h5-8H,3-4H2,1-2H3/t5-,6+,7+,8-. The van der Waals surface area contributed by atoms with Gasteiger partial charge in [0.2, 0.25) is 0 Å². The van der Waals surface area contributed by atoms with Crippen LogP contribution in [0.2, 0.25) is 0 Å². The molecule has 0 N–H and O–H groups in total. The molecule has 102 valence electrons. The highest BCUT2D eigenvalue weighted by atomic mass is 16.8. The van der Waals surface area contributed by atoms with Gasteiger partial charge in [-0.05, 0) is 0 Å². The van der Waals surface area contributed by atoms with Crippen molar-refractivity contribution < 1.29 is 38.0 Å². The second-order valence-corrected chi connectivity index (χ2v) is 3.72. The number of carbonyl (C=O) groups excluding carboxylic acids is 2. The van der Waals surface area contributed by atoms with Gasteiger partial charge in [-0.1, -0.05) is 0 Å². The molecular formula is C10H14O8. The van der Waals surface area contributed by atoms with Crippen molar-refractivity contribution in [1.29, 1.82) is 0 Å². The number of fused-ring (bicyclic) bond motifs is 1. The lowest BCUT2D eigenvalue weighted by atomic mass is 10.0. The van der Waals surface area contributed by atoms with E-state index in [1.165, 1.54) is 14.2 Å². The summed E-state index contributed by atoms with van der Waals surface area (Å²) in [5.74, 6) is -1.17. The number of methoxy groups -OCH3 is 2. The van der Waals surface area contributed by atoms with Crippen LogP contribution < -0.4 is 0 Å². The van der Waals surface area contributed by atoms with Gasteiger partial charge in [0, 0.05) is 0 Å². The first kappa shape index (κ1) is 13.2. The highest BCUT2D eigenvalue weighted by molar-refractivity contribution is 5.78. The van der Waals surface area contributed by atoms with Crippen LogP contribution in [0.15, 0.2) is 0 Å². The van der Waals surface area contributed by atoms with Crippen molar-refractivity contribution >= 4 is 11.9 Å². The normalized spacial score (nSPS) is 35.4. The van der Waals surface area contributed by atoms with Gasteiger partial charge in [-0.3, -0.25) is 0 Å². The van der Waals surface area contributed by atoms with Crippen molar-refractivity contribution in [2.24, 2.45) is 0 Å². The first-order valence-electron chi connectivity index (χ1n) is 5.31. The maximum absolute atomic E-state index is 11.5. The Morgan fingerprint density at radius 3 is 1.56 bits per heavy atom. The smallest absolute Gasteiger partial charge is 0.337 e. The van der Waals surface area contributed by atoms with Gasteiger partial charge in [-0.15, -0.1) is 0 Å². The molecule has 0 aromatic rings. The van der Waals surface area contributed by atoms with Crippen molar-refractivity contribution in [3.05, 3.63) is 0 Å². The molecule has 2 rings (SSSR count). The van der Waals surface area contributed by atoms with E-state index in [1.807, 2.05) is 0 Å². The highest BCUT2D eigenvalue weighted by Gasteiger charge is 2.50. The molecule has 0 radical (unpaired) electrons. The van der Waals surface area contributed by atoms with Gasteiger partial charge in [0.15, 0.2) is 12.2 Å². The molecule has 2 heterocycles. The van der Waals surface area contributed by atoms with E-state index < -0.39 is 36.4 Å². The summed E-state index contributed by atoms with van der Waals surface area (Å²) in [5.41, 5.74) is 0. The van der Waals surface area contributed by atoms with Crippen LogP contribution in [0, 0.1) is 0 Å². The van der Waals surface area contributed by atoms with Crippen LogP contribution in [0.1, 0.15) is 0 Å². The minimum atomic E-state index is -0.940. The molecule has 8 heteroatoms. The molecule has 4 atom stereocenters. The van der Waals surface area contributed by atoms with E-state index in [9.17, 15) is 9.59 Å². The van der Waals surface area contributed by atoms with Gasteiger partial charge in [-0.25, -0.2) is 9.59 Å². The zero-order chi connectivity index (χ0) is 13.1. The summed E-state index contributed by atoms with van der Waals surface area (Å²) in [4.78, 5) is 23.1. The van der Waals surface area contributed by atoms with Gasteiger partial charge < -0.3 is 28.4 Å². The molecular weight excluding hydrogens is 248 g/mol. The number of rotatable bonds is 2. The van der Waals surface area contributed by atoms with E-state index in [0.717, 1.165) is 0 Å². The Labute approximate surface area is 103 Å². The van der Waals surface area contributed by atoms with Crippen LogP contribution in [-0.2, 0) is 38.0 Å². The zero-order valence-corrected chi connectivity index (χ0v) is 9.99. The number of ether oxygens (including phenoxy) is 6. The molecule has 0 aromatic heterocycles. The van der Waals surface area contributed by atoms with E-state index in [-0.39, 0.29) is 13.6 Å². The second kappa shape index (κ2) is 5.61. The predicted octanol–water partition coefficient (Wildman–Crippen LogP) is -1.18. The van der Waals surface area contributed by atoms with E-state index in [1.54, 1.807) is 0 Å². The molecule has 0 amide bonds. The first-order chi connectivity index (χ1) is 8.69. The third kappa shape index (κ3) is 2.32. The van der Waals surface area contributed by atoms with Crippen molar-refractivity contribution in [1.82, 2.24) is 0 Å². The topological polar surface area (TPSA) is 89.5 Å². The van der Waals surface area contributed by atoms with Gasteiger partial charge >= 0.3 is 11.9 Å². The third-order valence-corrected chi connectivity index (χ3v) is 2.80. The minimum absolute atomic E-state index is 0.152. The van der Waals surface area contributed by atoms with Gasteiger partial charge in [-0.2, -0.15) is 0 Å². The van der Waals surface area contributed by atoms with Crippen molar-refractivity contribution in [2.45, 2.75) is 24.4 Å². The molecule has 0 saturated carbocycles. The summed E-state index contributed by atoms with van der Waals surface area (Å²) in [6.07, 6.45) is -3.40. The van der Waals surface area contributed by atoms with E-state index in [0.29, 0.717) is 0 Å². The lowest BCUT2D eigenvalue weighted by Gasteiger charge is -2.41. The number of hydrogen-bond donors (Lipinski definition) is 0. The molecule has 0 unspecified atom stereocenters. The molecule has 2 fully saturated rings. The summed E-state index contributed by atoms with van der Waals surface area (Å²) < 4.78 is 30.0. The Hall–Kier alpha value is -1.22. The summed E-state index contributed by atoms with van der Waals surface area (Å²) >= 11 is 0. The predicted molar refractivity (Wildman–Crippen MR) is 53.3 cm³/mol. The van der Waals surface area contributed by atoms with E-state index in [2.05, 4.69) is 9.47 Å². The maximum atomic E-state index is 11.5. The summed E-state index contributed by atoms with van der Waals surface area (Å²) in [7, 11) is 2.49. The highest BCUT2D eigenvalue weighted by Crippen LogP contribution is 2.27. The van der Waals surface area contributed by atoms with Crippen LogP contribution >= 0.6 is 0 Å². The fraction of sp³-hybridized carbons (Fsp3) is 0.800. The van der Waals surface area contributed by atoms with Crippen LogP contribution in [-0.4, -0.2) is 64.2 Å². The van der Waals surface area contributed by atoms with Gasteiger partial charge in [0.1, 0.15) is 25.8 Å². The van der Waals surface area contributed by atoms with Crippen LogP contribution in [0.25, 0.3) is 0 Å². The van der Waals surface area contributed by atoms with Gasteiger partial charge in [0.05, 0.1) is 14.2 Å². The zero-order valence-electron chi connectivity index (χ0n) is 9.99.